The first kappa shape index (κ1) is 28.3. The molecule has 0 aliphatic carbocycles. The summed E-state index contributed by atoms with van der Waals surface area (Å²) >= 11 is 19.7. The lowest BCUT2D eigenvalue weighted by molar-refractivity contribution is 0.103. The van der Waals surface area contributed by atoms with Crippen LogP contribution in [0.1, 0.15) is 20.9 Å². The molecule has 11 heteroatoms. The normalized spacial score (nSPS) is 11.1. The summed E-state index contributed by atoms with van der Waals surface area (Å²) in [4.78, 5) is 18.2. The lowest BCUT2D eigenvalue weighted by atomic mass is 10.0. The Morgan fingerprint density at radius 1 is 0.974 bits per heavy atom. The zero-order valence-electron chi connectivity index (χ0n) is 20.8. The van der Waals surface area contributed by atoms with Gasteiger partial charge < -0.3 is 19.5 Å². The Hall–Kier alpha value is -3.74. The predicted molar refractivity (Wildman–Crippen MR) is 156 cm³/mol. The smallest absolute Gasteiger partial charge is 0.203 e. The van der Waals surface area contributed by atoms with Crippen molar-refractivity contribution in [1.82, 2.24) is 4.98 Å². The third kappa shape index (κ3) is 6.13. The molecule has 198 valence electrons. The number of anilines is 1. The monoisotopic (exact) mass is 599 g/mol. The van der Waals surface area contributed by atoms with Crippen LogP contribution in [0.3, 0.4) is 0 Å². The van der Waals surface area contributed by atoms with Crippen LogP contribution >= 0.6 is 46.1 Å². The first-order valence-corrected chi connectivity index (χ1v) is 13.2. The number of ketones is 1. The third-order valence-corrected chi connectivity index (χ3v) is 7.45. The van der Waals surface area contributed by atoms with Crippen molar-refractivity contribution in [2.75, 3.05) is 26.6 Å². The number of aromatic nitrogens is 1. The highest BCUT2D eigenvalue weighted by Crippen LogP contribution is 2.39. The maximum absolute atomic E-state index is 13.6. The molecule has 4 rings (SSSR count). The highest BCUT2D eigenvalue weighted by molar-refractivity contribution is 7.11. The molecule has 0 amide bonds. The van der Waals surface area contributed by atoms with Crippen LogP contribution in [-0.4, -0.2) is 32.1 Å². The summed E-state index contributed by atoms with van der Waals surface area (Å²) in [5, 5.41) is 16.4. The molecule has 7 nitrogen and oxygen atoms in total. The number of hydrogen-bond acceptors (Lipinski definition) is 8. The van der Waals surface area contributed by atoms with Gasteiger partial charge in [-0.1, -0.05) is 40.9 Å². The lowest BCUT2D eigenvalue weighted by Gasteiger charge is -2.15. The molecule has 39 heavy (non-hydrogen) atoms. The molecule has 0 aliphatic heterocycles. The Bertz CT molecular complexity index is 1600. The molecule has 0 saturated heterocycles. The summed E-state index contributed by atoms with van der Waals surface area (Å²) < 4.78 is 16.1. The Kier molecular flexibility index (Phi) is 9.00. The van der Waals surface area contributed by atoms with Gasteiger partial charge in [0.05, 0.1) is 37.1 Å². The number of carbonyl (C=O) groups is 1. The largest absolute Gasteiger partial charge is 0.493 e. The van der Waals surface area contributed by atoms with Gasteiger partial charge in [-0.15, -0.1) is 11.3 Å². The van der Waals surface area contributed by atoms with Crippen molar-refractivity contribution in [2.45, 2.75) is 0 Å². The second-order valence-corrected chi connectivity index (χ2v) is 10.0. The maximum Gasteiger partial charge on any atom is 0.203 e. The zero-order valence-corrected chi connectivity index (χ0v) is 23.9. The van der Waals surface area contributed by atoms with Crippen LogP contribution in [0.15, 0.2) is 60.1 Å². The number of benzene rings is 3. The molecule has 0 fully saturated rings. The summed E-state index contributed by atoms with van der Waals surface area (Å²) in [5.41, 5.74) is 2.71. The lowest BCUT2D eigenvalue weighted by Crippen LogP contribution is -2.07. The quantitative estimate of drug-likeness (QED) is 0.154. The molecule has 1 heterocycles. The molecule has 0 spiro atoms. The molecule has 0 bridgehead atoms. The average molecular weight is 601 g/mol. The Morgan fingerprint density at radius 2 is 1.69 bits per heavy atom. The summed E-state index contributed by atoms with van der Waals surface area (Å²) in [5.74, 6) is 0.698. The van der Waals surface area contributed by atoms with Crippen molar-refractivity contribution >= 4 is 63.2 Å². The van der Waals surface area contributed by atoms with E-state index in [9.17, 15) is 10.1 Å². The van der Waals surface area contributed by atoms with Crippen molar-refractivity contribution < 1.29 is 19.0 Å². The Balaban J connectivity index is 1.66. The van der Waals surface area contributed by atoms with Crippen LogP contribution in [0, 0.1) is 11.3 Å². The maximum atomic E-state index is 13.6. The molecule has 0 aliphatic rings. The van der Waals surface area contributed by atoms with Gasteiger partial charge in [0.15, 0.2) is 17.3 Å². The summed E-state index contributed by atoms with van der Waals surface area (Å²) in [6.07, 6.45) is 1.49. The van der Waals surface area contributed by atoms with Crippen molar-refractivity contribution in [3.8, 4) is 34.6 Å². The number of methoxy groups -OCH3 is 3. The van der Waals surface area contributed by atoms with Crippen molar-refractivity contribution in [2.24, 2.45) is 0 Å². The van der Waals surface area contributed by atoms with Gasteiger partial charge in [-0.25, -0.2) is 4.98 Å². The van der Waals surface area contributed by atoms with Crippen LogP contribution in [0.25, 0.3) is 16.8 Å². The van der Waals surface area contributed by atoms with Crippen molar-refractivity contribution in [3.05, 3.63) is 91.3 Å². The summed E-state index contributed by atoms with van der Waals surface area (Å²) in [7, 11) is 4.42. The topological polar surface area (TPSA) is 93.5 Å². The van der Waals surface area contributed by atoms with Crippen LogP contribution in [0.2, 0.25) is 15.1 Å². The number of carbonyl (C=O) groups excluding carboxylic acids is 1. The number of thiazole rings is 1. The molecule has 0 saturated carbocycles. The highest BCUT2D eigenvalue weighted by Gasteiger charge is 2.20. The van der Waals surface area contributed by atoms with Gasteiger partial charge in [0.25, 0.3) is 0 Å². The van der Waals surface area contributed by atoms with Crippen molar-refractivity contribution in [3.63, 3.8) is 0 Å². The molecular weight excluding hydrogens is 581 g/mol. The van der Waals surface area contributed by atoms with Crippen LogP contribution in [0.4, 0.5) is 5.69 Å². The Labute approximate surface area is 244 Å². The summed E-state index contributed by atoms with van der Waals surface area (Å²) in [6.45, 7) is 0. The molecule has 4 aromatic rings. The van der Waals surface area contributed by atoms with E-state index >= 15 is 0 Å². The van der Waals surface area contributed by atoms with E-state index in [1.165, 1.54) is 38.9 Å². The predicted octanol–water partition coefficient (Wildman–Crippen LogP) is 8.00. The van der Waals surface area contributed by atoms with Crippen LogP contribution in [0.5, 0.6) is 17.2 Å². The van der Waals surface area contributed by atoms with E-state index in [1.807, 2.05) is 5.38 Å². The van der Waals surface area contributed by atoms with Crippen molar-refractivity contribution in [1.29, 1.82) is 5.26 Å². The minimum atomic E-state index is -0.345. The second kappa shape index (κ2) is 12.4. The van der Waals surface area contributed by atoms with E-state index in [-0.39, 0.29) is 16.9 Å². The fourth-order valence-electron chi connectivity index (χ4n) is 3.68. The van der Waals surface area contributed by atoms with Gasteiger partial charge in [0, 0.05) is 39.0 Å². The number of allylic oxidation sites excluding steroid dienone is 1. The van der Waals surface area contributed by atoms with E-state index < -0.39 is 0 Å². The van der Waals surface area contributed by atoms with Crippen LogP contribution in [-0.2, 0) is 0 Å². The minimum Gasteiger partial charge on any atom is -0.493 e. The van der Waals surface area contributed by atoms with Gasteiger partial charge in [0.1, 0.15) is 16.6 Å². The van der Waals surface area contributed by atoms with Gasteiger partial charge >= 0.3 is 0 Å². The second-order valence-electron chi connectivity index (χ2n) is 7.91. The fraction of sp³-hybridized carbons (Fsp3) is 0.107. The number of ether oxygens (including phenoxy) is 3. The molecule has 0 radical (unpaired) electrons. The first-order chi connectivity index (χ1) is 18.8. The molecule has 1 N–H and O–H groups in total. The van der Waals surface area contributed by atoms with E-state index in [0.717, 1.165) is 5.56 Å². The molecule has 0 unspecified atom stereocenters. The van der Waals surface area contributed by atoms with Gasteiger partial charge in [-0.2, -0.15) is 5.26 Å². The standard InChI is InChI=1S/C28H20Cl3N3O4S/c1-36-24-9-16(10-25(37-2)27(24)38-3)26(35)19-11-18(29)5-7-22(19)33-13-17(12-32)28-34-23(14-39-28)15-4-6-20(30)21(31)8-15/h4-11,13-14,33H,1-3H3/b17-13+. The Morgan fingerprint density at radius 3 is 2.31 bits per heavy atom. The number of halogens is 3. The van der Waals surface area contributed by atoms with Gasteiger partial charge in [-0.05, 0) is 42.5 Å². The number of hydrogen-bond donors (Lipinski definition) is 1. The fourth-order valence-corrected chi connectivity index (χ4v) is 4.94. The number of rotatable bonds is 9. The molecule has 1 aromatic heterocycles. The molecular formula is C28H20Cl3N3O4S. The first-order valence-electron chi connectivity index (χ1n) is 11.2. The molecule has 3 aromatic carbocycles. The average Bonchev–Trinajstić information content (AvgIpc) is 3.44. The van der Waals surface area contributed by atoms with E-state index in [0.29, 0.717) is 54.3 Å². The summed E-state index contributed by atoms with van der Waals surface area (Å²) in [6, 6.07) is 15.3. The minimum absolute atomic E-state index is 0.271. The third-order valence-electron chi connectivity index (χ3n) is 5.60. The number of nitriles is 1. The SMILES string of the molecule is COc1cc(C(=O)c2cc(Cl)ccc2N/C=C(\C#N)c2nc(-c3ccc(Cl)c(Cl)c3)cs2)cc(OC)c1OC. The van der Waals surface area contributed by atoms with E-state index in [1.54, 1.807) is 48.5 Å². The molecule has 0 atom stereocenters. The van der Waals surface area contributed by atoms with Gasteiger partial charge in [0.2, 0.25) is 5.75 Å². The van der Waals surface area contributed by atoms with E-state index in [2.05, 4.69) is 16.4 Å². The number of nitrogens with one attached hydrogen (secondary N) is 1. The van der Waals surface area contributed by atoms with Gasteiger partial charge in [-0.3, -0.25) is 4.79 Å². The highest BCUT2D eigenvalue weighted by atomic mass is 35.5. The zero-order chi connectivity index (χ0) is 28.1. The van der Waals surface area contributed by atoms with Crippen LogP contribution < -0.4 is 19.5 Å². The number of nitrogens with zero attached hydrogens (tertiary/aromatic N) is 2. The van der Waals surface area contributed by atoms with E-state index in [4.69, 9.17) is 49.0 Å².